The van der Waals surface area contributed by atoms with Crippen LogP contribution in [0.2, 0.25) is 0 Å². The van der Waals surface area contributed by atoms with Crippen molar-refractivity contribution in [3.8, 4) is 5.75 Å². The van der Waals surface area contributed by atoms with Crippen molar-refractivity contribution in [1.29, 1.82) is 0 Å². The number of aryl methyl sites for hydroxylation is 1. The zero-order valence-electron chi connectivity index (χ0n) is 23.2. The summed E-state index contributed by atoms with van der Waals surface area (Å²) in [7, 11) is 0. The summed E-state index contributed by atoms with van der Waals surface area (Å²) in [6.07, 6.45) is 0.401. The number of unbranched alkanes of at least 4 members (excludes halogenated alkanes) is 2. The highest BCUT2D eigenvalue weighted by Crippen LogP contribution is 2.32. The maximum Gasteiger partial charge on any atom is 0.426 e. The molecule has 8 heteroatoms. The summed E-state index contributed by atoms with van der Waals surface area (Å²) in [4.78, 5) is 12.0. The number of hydrogen-bond donors (Lipinski definition) is 2. The average Bonchev–Trinajstić information content (AvgIpc) is 2.94. The van der Waals surface area contributed by atoms with Crippen molar-refractivity contribution in [3.63, 3.8) is 0 Å². The lowest BCUT2D eigenvalue weighted by Crippen LogP contribution is -2.27. The third-order valence-electron chi connectivity index (χ3n) is 6.48. The van der Waals surface area contributed by atoms with E-state index >= 15 is 0 Å². The summed E-state index contributed by atoms with van der Waals surface area (Å²) in [5.41, 5.74) is 2.11. The summed E-state index contributed by atoms with van der Waals surface area (Å²) in [6, 6.07) is 12.5. The lowest BCUT2D eigenvalue weighted by atomic mass is 10.0. The predicted octanol–water partition coefficient (Wildman–Crippen LogP) is 6.18. The van der Waals surface area contributed by atoms with E-state index < -0.39 is 24.3 Å². The molecule has 0 spiro atoms. The molecule has 0 amide bonds. The van der Waals surface area contributed by atoms with Gasteiger partial charge in [0.1, 0.15) is 5.75 Å². The summed E-state index contributed by atoms with van der Waals surface area (Å²) < 4.78 is 45.4. The predicted molar refractivity (Wildman–Crippen MR) is 146 cm³/mol. The van der Waals surface area contributed by atoms with E-state index in [1.54, 1.807) is 31.2 Å². The van der Waals surface area contributed by atoms with Crippen molar-refractivity contribution in [1.82, 2.24) is 0 Å². The number of esters is 1. The van der Waals surface area contributed by atoms with E-state index in [4.69, 9.17) is 19.3 Å². The van der Waals surface area contributed by atoms with E-state index in [-0.39, 0.29) is 37.1 Å². The minimum Gasteiger partial charge on any atom is -0.465 e. The van der Waals surface area contributed by atoms with Crippen LogP contribution < -0.4 is 4.74 Å². The van der Waals surface area contributed by atoms with Crippen LogP contribution in [0.15, 0.2) is 60.7 Å². The Labute approximate surface area is 230 Å². The van der Waals surface area contributed by atoms with Crippen LogP contribution in [0.4, 0.5) is 8.78 Å². The van der Waals surface area contributed by atoms with E-state index in [1.165, 1.54) is 24.3 Å². The fourth-order valence-corrected chi connectivity index (χ4v) is 3.78. The average molecular weight is 549 g/mol. The van der Waals surface area contributed by atoms with Gasteiger partial charge in [0, 0.05) is 5.92 Å². The van der Waals surface area contributed by atoms with Gasteiger partial charge in [-0.05, 0) is 73.6 Å². The Morgan fingerprint density at radius 3 is 2.23 bits per heavy atom. The summed E-state index contributed by atoms with van der Waals surface area (Å²) in [6.45, 7) is 9.03. The SMILES string of the molecule is C=C(CC)C(O)OCC(COC(=O)C(C)CO)Cc1ccc(OC(F)(F)c2ccc(CCCCC)cc2)cc1. The quantitative estimate of drug-likeness (QED) is 0.100. The van der Waals surface area contributed by atoms with Gasteiger partial charge in [0.15, 0.2) is 6.29 Å². The molecule has 0 aromatic heterocycles. The molecule has 2 rings (SSSR count). The van der Waals surface area contributed by atoms with Crippen LogP contribution in [0.25, 0.3) is 0 Å². The lowest BCUT2D eigenvalue weighted by molar-refractivity contribution is -0.185. The molecule has 0 saturated heterocycles. The molecule has 3 unspecified atom stereocenters. The third-order valence-corrected chi connectivity index (χ3v) is 6.48. The number of ether oxygens (including phenoxy) is 3. The first-order chi connectivity index (χ1) is 18.6. The van der Waals surface area contributed by atoms with Crippen LogP contribution in [0.3, 0.4) is 0 Å². The molecule has 0 radical (unpaired) electrons. The molecule has 39 heavy (non-hydrogen) atoms. The number of halogens is 2. The molecule has 2 aromatic carbocycles. The minimum absolute atomic E-state index is 0.000737. The molecule has 0 saturated carbocycles. The fraction of sp³-hybridized carbons (Fsp3) is 0.516. The van der Waals surface area contributed by atoms with Crippen LogP contribution in [0.5, 0.6) is 5.75 Å². The molecule has 3 atom stereocenters. The summed E-state index contributed by atoms with van der Waals surface area (Å²) in [5, 5.41) is 19.3. The summed E-state index contributed by atoms with van der Waals surface area (Å²) >= 11 is 0. The highest BCUT2D eigenvalue weighted by molar-refractivity contribution is 5.72. The van der Waals surface area contributed by atoms with Crippen LogP contribution in [0.1, 0.15) is 63.1 Å². The number of carbonyl (C=O) groups excluding carboxylic acids is 1. The van der Waals surface area contributed by atoms with Gasteiger partial charge >= 0.3 is 12.1 Å². The monoisotopic (exact) mass is 548 g/mol. The normalized spacial score (nSPS) is 13.9. The van der Waals surface area contributed by atoms with Gasteiger partial charge in [0.05, 0.1) is 31.3 Å². The first kappa shape index (κ1) is 32.4. The van der Waals surface area contributed by atoms with Crippen LogP contribution >= 0.6 is 0 Å². The second kappa shape index (κ2) is 16.3. The number of alkyl halides is 2. The minimum atomic E-state index is -3.49. The molecule has 0 aliphatic carbocycles. The molecule has 2 N–H and O–H groups in total. The highest BCUT2D eigenvalue weighted by Gasteiger charge is 2.34. The molecular formula is C31H42F2O6. The second-order valence-corrected chi connectivity index (χ2v) is 9.90. The highest BCUT2D eigenvalue weighted by atomic mass is 19.3. The van der Waals surface area contributed by atoms with Crippen LogP contribution in [0, 0.1) is 11.8 Å². The van der Waals surface area contributed by atoms with Crippen molar-refractivity contribution >= 4 is 5.97 Å². The number of aliphatic hydroxyl groups excluding tert-OH is 2. The second-order valence-electron chi connectivity index (χ2n) is 9.90. The van der Waals surface area contributed by atoms with Gasteiger partial charge in [-0.1, -0.05) is 57.5 Å². The molecule has 216 valence electrons. The number of aliphatic hydroxyl groups is 2. The molecule has 0 bridgehead atoms. The van der Waals surface area contributed by atoms with E-state index in [2.05, 4.69) is 13.5 Å². The number of hydrogen-bond acceptors (Lipinski definition) is 6. The number of rotatable bonds is 18. The zero-order valence-corrected chi connectivity index (χ0v) is 23.2. The molecule has 0 heterocycles. The van der Waals surface area contributed by atoms with Gasteiger partial charge in [-0.2, -0.15) is 8.78 Å². The van der Waals surface area contributed by atoms with E-state index in [0.29, 0.717) is 18.4 Å². The zero-order chi connectivity index (χ0) is 28.8. The standard InChI is InChI=1S/C31H42F2O6/c1-5-7-8-9-24-10-14-27(15-11-24)31(32,33)39-28-16-12-25(13-17-28)18-26(20-37-29(35)22(3)6-2)21-38-30(36)23(4)19-34/h10-17,23,26,29,34-35H,3,5-9,18-21H2,1-2,4H3. The third kappa shape index (κ3) is 11.1. The van der Waals surface area contributed by atoms with Gasteiger partial charge in [0.2, 0.25) is 0 Å². The maximum absolute atomic E-state index is 14.8. The fourth-order valence-electron chi connectivity index (χ4n) is 3.78. The van der Waals surface area contributed by atoms with E-state index in [9.17, 15) is 18.7 Å². The van der Waals surface area contributed by atoms with E-state index in [1.807, 2.05) is 6.92 Å². The Kier molecular flexibility index (Phi) is 13.6. The maximum atomic E-state index is 14.8. The van der Waals surface area contributed by atoms with Gasteiger partial charge < -0.3 is 24.4 Å². The molecule has 0 aliphatic rings. The van der Waals surface area contributed by atoms with Gasteiger partial charge in [-0.15, -0.1) is 0 Å². The first-order valence-electron chi connectivity index (χ1n) is 13.6. The van der Waals surface area contributed by atoms with Gasteiger partial charge in [-0.25, -0.2) is 0 Å². The van der Waals surface area contributed by atoms with Crippen molar-refractivity contribution < 1.29 is 38.0 Å². The Morgan fingerprint density at radius 2 is 1.64 bits per heavy atom. The Hall–Kier alpha value is -2.81. The van der Waals surface area contributed by atoms with Crippen LogP contribution in [-0.4, -0.2) is 42.3 Å². The van der Waals surface area contributed by atoms with Gasteiger partial charge in [-0.3, -0.25) is 4.79 Å². The van der Waals surface area contributed by atoms with Crippen molar-refractivity contribution in [2.75, 3.05) is 19.8 Å². The largest absolute Gasteiger partial charge is 0.465 e. The Morgan fingerprint density at radius 1 is 1.00 bits per heavy atom. The number of benzene rings is 2. The van der Waals surface area contributed by atoms with E-state index in [0.717, 1.165) is 36.8 Å². The van der Waals surface area contributed by atoms with Crippen molar-refractivity contribution in [2.45, 2.75) is 71.7 Å². The van der Waals surface area contributed by atoms with Crippen molar-refractivity contribution in [2.24, 2.45) is 11.8 Å². The summed E-state index contributed by atoms with van der Waals surface area (Å²) in [5.74, 6) is -1.52. The molecule has 6 nitrogen and oxygen atoms in total. The van der Waals surface area contributed by atoms with Gasteiger partial charge in [0.25, 0.3) is 0 Å². The number of carbonyl (C=O) groups is 1. The van der Waals surface area contributed by atoms with Crippen LogP contribution in [-0.2, 0) is 33.2 Å². The molecule has 2 aromatic rings. The Balaban J connectivity index is 2.02. The first-order valence-corrected chi connectivity index (χ1v) is 13.6. The lowest BCUT2D eigenvalue weighted by Gasteiger charge is -2.22. The Bertz CT molecular complexity index is 1010. The van der Waals surface area contributed by atoms with Crippen molar-refractivity contribution in [3.05, 3.63) is 77.4 Å². The smallest absolute Gasteiger partial charge is 0.426 e. The molecular weight excluding hydrogens is 506 g/mol. The molecule has 0 aliphatic heterocycles. The molecule has 0 fully saturated rings. The topological polar surface area (TPSA) is 85.2 Å².